The molecule has 0 bridgehead atoms. The number of hydrogen-bond acceptors (Lipinski definition) is 3. The van der Waals surface area contributed by atoms with Crippen LogP contribution in [0.2, 0.25) is 0 Å². The third-order valence-electron chi connectivity index (χ3n) is 3.55. The van der Waals surface area contributed by atoms with Gasteiger partial charge in [0.2, 0.25) is 0 Å². The van der Waals surface area contributed by atoms with Crippen LogP contribution in [0.15, 0.2) is 12.1 Å². The molecule has 4 N–H and O–H groups in total. The van der Waals surface area contributed by atoms with Gasteiger partial charge in [0.1, 0.15) is 5.82 Å². The molecule has 1 aliphatic heterocycles. The van der Waals surface area contributed by atoms with E-state index in [0.29, 0.717) is 12.1 Å². The summed E-state index contributed by atoms with van der Waals surface area (Å²) in [7, 11) is 0. The zero-order chi connectivity index (χ0) is 14.5. The summed E-state index contributed by atoms with van der Waals surface area (Å²) >= 11 is 4.68. The number of thiocarbonyl (C=S) groups is 1. The normalized spacial score (nSPS) is 15.2. The Balaban J connectivity index is 2.09. The number of nitrogens with two attached hydrogens (primary N) is 1. The number of halogens is 1. The standard InChI is InChI=1S/C14H21FN4S/c1-10-7-11(9-17-18-14(16)20)12(15)8-13(10)19-5-3-2-4-6-19/h7-8,17H,2-6,9H2,1H3,(H3,16,18,20). The van der Waals surface area contributed by atoms with E-state index in [2.05, 4.69) is 28.0 Å². The first kappa shape index (κ1) is 15.0. The second-order valence-electron chi connectivity index (χ2n) is 5.12. The summed E-state index contributed by atoms with van der Waals surface area (Å²) in [5.74, 6) is -0.201. The van der Waals surface area contributed by atoms with Gasteiger partial charge in [-0.3, -0.25) is 5.43 Å². The van der Waals surface area contributed by atoms with Gasteiger partial charge < -0.3 is 10.6 Å². The Morgan fingerprint density at radius 1 is 1.35 bits per heavy atom. The molecular weight excluding hydrogens is 275 g/mol. The number of hydrogen-bond donors (Lipinski definition) is 3. The van der Waals surface area contributed by atoms with Gasteiger partial charge in [-0.15, -0.1) is 0 Å². The van der Waals surface area contributed by atoms with E-state index in [1.54, 1.807) is 6.07 Å². The molecule has 0 amide bonds. The number of aryl methyl sites for hydroxylation is 1. The third-order valence-corrected chi connectivity index (χ3v) is 3.65. The third kappa shape index (κ3) is 3.80. The van der Waals surface area contributed by atoms with Gasteiger partial charge in [0.05, 0.1) is 0 Å². The molecule has 0 saturated carbocycles. The summed E-state index contributed by atoms with van der Waals surface area (Å²) in [6.07, 6.45) is 3.63. The smallest absolute Gasteiger partial charge is 0.178 e. The van der Waals surface area contributed by atoms with Crippen molar-refractivity contribution in [1.82, 2.24) is 10.9 Å². The lowest BCUT2D eigenvalue weighted by Gasteiger charge is -2.30. The molecule has 1 fully saturated rings. The minimum atomic E-state index is -0.201. The lowest BCUT2D eigenvalue weighted by atomic mass is 10.0. The molecule has 1 saturated heterocycles. The van der Waals surface area contributed by atoms with Crippen LogP contribution >= 0.6 is 12.2 Å². The second-order valence-corrected chi connectivity index (χ2v) is 5.56. The van der Waals surface area contributed by atoms with Crippen LogP contribution < -0.4 is 21.5 Å². The van der Waals surface area contributed by atoms with Crippen LogP contribution in [0.3, 0.4) is 0 Å². The summed E-state index contributed by atoms with van der Waals surface area (Å²) in [6.45, 7) is 4.39. The van der Waals surface area contributed by atoms with E-state index in [1.165, 1.54) is 19.3 Å². The number of piperidine rings is 1. The molecule has 0 atom stereocenters. The average molecular weight is 296 g/mol. The predicted molar refractivity (Wildman–Crippen MR) is 84.0 cm³/mol. The molecule has 4 nitrogen and oxygen atoms in total. The van der Waals surface area contributed by atoms with Gasteiger partial charge in [-0.25, -0.2) is 9.82 Å². The van der Waals surface area contributed by atoms with Crippen molar-refractivity contribution in [2.24, 2.45) is 5.73 Å². The van der Waals surface area contributed by atoms with Gasteiger partial charge >= 0.3 is 0 Å². The van der Waals surface area contributed by atoms with E-state index in [0.717, 1.165) is 24.3 Å². The Morgan fingerprint density at radius 3 is 2.70 bits per heavy atom. The Labute approximate surface area is 124 Å². The van der Waals surface area contributed by atoms with E-state index in [4.69, 9.17) is 5.73 Å². The Hall–Kier alpha value is -1.40. The Kier molecular flexibility index (Phi) is 5.14. The SMILES string of the molecule is Cc1cc(CNNC(N)=S)c(F)cc1N1CCCCC1. The maximum atomic E-state index is 14.2. The fourth-order valence-electron chi connectivity index (χ4n) is 2.57. The van der Waals surface area contributed by atoms with Crippen molar-refractivity contribution in [2.75, 3.05) is 18.0 Å². The number of nitrogens with one attached hydrogen (secondary N) is 2. The molecule has 6 heteroatoms. The number of anilines is 1. The highest BCUT2D eigenvalue weighted by Crippen LogP contribution is 2.26. The molecule has 20 heavy (non-hydrogen) atoms. The Bertz CT molecular complexity index is 486. The molecular formula is C14H21FN4S. The van der Waals surface area contributed by atoms with Gasteiger partial charge in [-0.2, -0.15) is 0 Å². The fourth-order valence-corrected chi connectivity index (χ4v) is 2.64. The lowest BCUT2D eigenvalue weighted by molar-refractivity contribution is 0.563. The molecule has 1 aromatic carbocycles. The van der Waals surface area contributed by atoms with Crippen molar-refractivity contribution in [1.29, 1.82) is 0 Å². The van der Waals surface area contributed by atoms with E-state index in [1.807, 2.05) is 13.0 Å². The highest BCUT2D eigenvalue weighted by atomic mass is 32.1. The number of benzene rings is 1. The number of hydrazine groups is 1. The fraction of sp³-hybridized carbons (Fsp3) is 0.500. The van der Waals surface area contributed by atoms with Crippen molar-refractivity contribution in [3.8, 4) is 0 Å². The number of rotatable bonds is 4. The van der Waals surface area contributed by atoms with E-state index < -0.39 is 0 Å². The van der Waals surface area contributed by atoms with Crippen molar-refractivity contribution in [2.45, 2.75) is 32.7 Å². The van der Waals surface area contributed by atoms with Gasteiger partial charge in [0.25, 0.3) is 0 Å². The molecule has 0 aliphatic carbocycles. The molecule has 1 heterocycles. The largest absolute Gasteiger partial charge is 0.375 e. The molecule has 1 aliphatic rings. The highest BCUT2D eigenvalue weighted by Gasteiger charge is 2.15. The van der Waals surface area contributed by atoms with Crippen LogP contribution in [0.5, 0.6) is 0 Å². The maximum absolute atomic E-state index is 14.2. The van der Waals surface area contributed by atoms with Crippen LogP contribution in [0.25, 0.3) is 0 Å². The van der Waals surface area contributed by atoms with E-state index in [-0.39, 0.29) is 10.9 Å². The van der Waals surface area contributed by atoms with Crippen LogP contribution in [-0.2, 0) is 6.54 Å². The summed E-state index contributed by atoms with van der Waals surface area (Å²) in [5.41, 5.74) is 13.4. The molecule has 0 spiro atoms. The minimum absolute atomic E-state index is 0.145. The summed E-state index contributed by atoms with van der Waals surface area (Å²) < 4.78 is 14.2. The van der Waals surface area contributed by atoms with E-state index in [9.17, 15) is 4.39 Å². The minimum Gasteiger partial charge on any atom is -0.375 e. The number of nitrogens with zero attached hydrogens (tertiary/aromatic N) is 1. The zero-order valence-corrected chi connectivity index (χ0v) is 12.5. The van der Waals surface area contributed by atoms with Crippen LogP contribution in [0.1, 0.15) is 30.4 Å². The quantitative estimate of drug-likeness (QED) is 0.586. The van der Waals surface area contributed by atoms with Crippen molar-refractivity contribution in [3.63, 3.8) is 0 Å². The molecule has 110 valence electrons. The van der Waals surface area contributed by atoms with Crippen molar-refractivity contribution >= 4 is 23.0 Å². The van der Waals surface area contributed by atoms with E-state index >= 15 is 0 Å². The maximum Gasteiger partial charge on any atom is 0.178 e. The first-order chi connectivity index (χ1) is 9.58. The molecule has 1 aromatic rings. The summed E-state index contributed by atoms with van der Waals surface area (Å²) in [5, 5.41) is 0.145. The molecule has 0 aromatic heterocycles. The summed E-state index contributed by atoms with van der Waals surface area (Å²) in [4.78, 5) is 2.27. The lowest BCUT2D eigenvalue weighted by Crippen LogP contribution is -2.40. The van der Waals surface area contributed by atoms with Crippen LogP contribution in [0, 0.1) is 12.7 Å². The monoisotopic (exact) mass is 296 g/mol. The van der Waals surface area contributed by atoms with Crippen molar-refractivity contribution in [3.05, 3.63) is 29.1 Å². The molecule has 0 radical (unpaired) electrons. The molecule has 0 unspecified atom stereocenters. The van der Waals surface area contributed by atoms with Crippen LogP contribution in [0.4, 0.5) is 10.1 Å². The predicted octanol–water partition coefficient (Wildman–Crippen LogP) is 1.96. The first-order valence-electron chi connectivity index (χ1n) is 6.90. The Morgan fingerprint density at radius 2 is 2.05 bits per heavy atom. The summed E-state index contributed by atoms with van der Waals surface area (Å²) in [6, 6.07) is 3.52. The van der Waals surface area contributed by atoms with Crippen LogP contribution in [-0.4, -0.2) is 18.2 Å². The average Bonchev–Trinajstić information content (AvgIpc) is 2.43. The van der Waals surface area contributed by atoms with Gasteiger partial charge in [0, 0.05) is 30.9 Å². The van der Waals surface area contributed by atoms with Gasteiger partial charge in [0.15, 0.2) is 5.11 Å². The van der Waals surface area contributed by atoms with Crippen molar-refractivity contribution < 1.29 is 4.39 Å². The zero-order valence-electron chi connectivity index (χ0n) is 11.7. The first-order valence-corrected chi connectivity index (χ1v) is 7.31. The highest BCUT2D eigenvalue weighted by molar-refractivity contribution is 7.80. The van der Waals surface area contributed by atoms with Gasteiger partial charge in [-0.05, 0) is 56.1 Å². The van der Waals surface area contributed by atoms with Gasteiger partial charge in [-0.1, -0.05) is 0 Å². The second kappa shape index (κ2) is 6.85. The topological polar surface area (TPSA) is 53.3 Å². The molecule has 2 rings (SSSR count).